The van der Waals surface area contributed by atoms with Crippen LogP contribution in [0.25, 0.3) is 0 Å². The Labute approximate surface area is 128 Å². The van der Waals surface area contributed by atoms with Gasteiger partial charge in [0.25, 0.3) is 0 Å². The van der Waals surface area contributed by atoms with E-state index in [0.29, 0.717) is 6.04 Å². The second kappa shape index (κ2) is 7.38. The first kappa shape index (κ1) is 16.5. The van der Waals surface area contributed by atoms with E-state index in [-0.39, 0.29) is 5.41 Å². The van der Waals surface area contributed by atoms with E-state index < -0.39 is 0 Å². The van der Waals surface area contributed by atoms with Gasteiger partial charge in [0.05, 0.1) is 19.3 Å². The monoisotopic (exact) mass is 295 g/mol. The lowest BCUT2D eigenvalue weighted by atomic mass is 9.94. The van der Waals surface area contributed by atoms with E-state index in [1.807, 2.05) is 6.20 Å². The third kappa shape index (κ3) is 5.09. The molecule has 0 amide bonds. The highest BCUT2D eigenvalue weighted by Crippen LogP contribution is 2.23. The van der Waals surface area contributed by atoms with Crippen molar-refractivity contribution in [2.75, 3.05) is 33.4 Å². The lowest BCUT2D eigenvalue weighted by Crippen LogP contribution is -2.38. The molecule has 0 saturated carbocycles. The molecule has 1 N–H and O–H groups in total. The first-order valence-corrected chi connectivity index (χ1v) is 7.89. The summed E-state index contributed by atoms with van der Waals surface area (Å²) >= 11 is 0. The summed E-state index contributed by atoms with van der Waals surface area (Å²) in [5, 5.41) is 3.55. The second-order valence-electron chi connectivity index (χ2n) is 6.89. The van der Waals surface area contributed by atoms with Gasteiger partial charge in [0, 0.05) is 31.7 Å². The molecule has 0 aliphatic carbocycles. The van der Waals surface area contributed by atoms with Crippen LogP contribution in [0.3, 0.4) is 0 Å². The van der Waals surface area contributed by atoms with Gasteiger partial charge in [-0.2, -0.15) is 0 Å². The number of hydrogen-bond donors (Lipinski definition) is 1. The summed E-state index contributed by atoms with van der Waals surface area (Å²) in [7, 11) is 1.74. The molecule has 120 valence electrons. The van der Waals surface area contributed by atoms with Gasteiger partial charge in [0.2, 0.25) is 5.89 Å². The van der Waals surface area contributed by atoms with Gasteiger partial charge in [-0.3, -0.25) is 4.90 Å². The highest BCUT2D eigenvalue weighted by atomic mass is 16.5. The standard InChI is InChI=1S/C16H29N3O2/c1-16(2,3)14-10-18-15(21-14)12-19(8-9-20-4)11-13-6-5-7-17-13/h10,13,17H,5-9,11-12H2,1-4H3. The fraction of sp³-hybridized carbons (Fsp3) is 0.812. The zero-order valence-corrected chi connectivity index (χ0v) is 13.8. The van der Waals surface area contributed by atoms with Crippen LogP contribution in [0.2, 0.25) is 0 Å². The highest BCUT2D eigenvalue weighted by molar-refractivity contribution is 5.06. The minimum atomic E-state index is 0.00954. The van der Waals surface area contributed by atoms with Crippen molar-refractivity contribution in [3.05, 3.63) is 17.8 Å². The smallest absolute Gasteiger partial charge is 0.208 e. The molecule has 1 saturated heterocycles. The van der Waals surface area contributed by atoms with E-state index in [2.05, 4.69) is 36.0 Å². The third-order valence-corrected chi connectivity index (χ3v) is 3.90. The van der Waals surface area contributed by atoms with E-state index in [1.165, 1.54) is 12.8 Å². The number of hydrogen-bond acceptors (Lipinski definition) is 5. The molecule has 0 bridgehead atoms. The van der Waals surface area contributed by atoms with Crippen LogP contribution in [-0.2, 0) is 16.7 Å². The lowest BCUT2D eigenvalue weighted by molar-refractivity contribution is 0.131. The van der Waals surface area contributed by atoms with Crippen LogP contribution in [-0.4, -0.2) is 49.3 Å². The van der Waals surface area contributed by atoms with Crippen molar-refractivity contribution in [1.82, 2.24) is 15.2 Å². The van der Waals surface area contributed by atoms with Gasteiger partial charge in [-0.25, -0.2) is 4.98 Å². The summed E-state index contributed by atoms with van der Waals surface area (Å²) < 4.78 is 11.1. The molecule has 0 aromatic carbocycles. The molecule has 2 heterocycles. The summed E-state index contributed by atoms with van der Waals surface area (Å²) in [4.78, 5) is 6.80. The first-order chi connectivity index (χ1) is 9.99. The molecular weight excluding hydrogens is 266 g/mol. The Morgan fingerprint density at radius 3 is 2.86 bits per heavy atom. The largest absolute Gasteiger partial charge is 0.444 e. The SMILES string of the molecule is COCCN(Cc1ncc(C(C)(C)C)o1)CC1CCCN1. The number of nitrogens with one attached hydrogen (secondary N) is 1. The Morgan fingerprint density at radius 1 is 1.48 bits per heavy atom. The van der Waals surface area contributed by atoms with Crippen LogP contribution in [0.1, 0.15) is 45.3 Å². The Morgan fingerprint density at radius 2 is 2.29 bits per heavy atom. The molecule has 1 aliphatic heterocycles. The summed E-state index contributed by atoms with van der Waals surface area (Å²) in [5.74, 6) is 1.75. The van der Waals surface area contributed by atoms with Crippen molar-refractivity contribution in [3.63, 3.8) is 0 Å². The van der Waals surface area contributed by atoms with Crippen molar-refractivity contribution >= 4 is 0 Å². The summed E-state index contributed by atoms with van der Waals surface area (Å²) in [6.07, 6.45) is 4.38. The zero-order valence-electron chi connectivity index (χ0n) is 13.8. The van der Waals surface area contributed by atoms with Gasteiger partial charge in [0.15, 0.2) is 0 Å². The van der Waals surface area contributed by atoms with Gasteiger partial charge in [0.1, 0.15) is 5.76 Å². The van der Waals surface area contributed by atoms with Gasteiger partial charge >= 0.3 is 0 Å². The van der Waals surface area contributed by atoms with Crippen molar-refractivity contribution in [2.45, 2.75) is 51.6 Å². The fourth-order valence-corrected chi connectivity index (χ4v) is 2.60. The van der Waals surface area contributed by atoms with Gasteiger partial charge < -0.3 is 14.5 Å². The average Bonchev–Trinajstić information content (AvgIpc) is 3.06. The van der Waals surface area contributed by atoms with E-state index in [4.69, 9.17) is 9.15 Å². The van der Waals surface area contributed by atoms with Crippen LogP contribution < -0.4 is 5.32 Å². The van der Waals surface area contributed by atoms with Crippen molar-refractivity contribution in [1.29, 1.82) is 0 Å². The van der Waals surface area contributed by atoms with Crippen LogP contribution in [0, 0.1) is 0 Å². The predicted octanol–water partition coefficient (Wildman–Crippen LogP) is 2.17. The maximum absolute atomic E-state index is 5.91. The van der Waals surface area contributed by atoms with E-state index in [9.17, 15) is 0 Å². The molecular formula is C16H29N3O2. The predicted molar refractivity (Wildman–Crippen MR) is 83.4 cm³/mol. The van der Waals surface area contributed by atoms with Crippen LogP contribution >= 0.6 is 0 Å². The molecule has 1 aliphatic rings. The number of aromatic nitrogens is 1. The lowest BCUT2D eigenvalue weighted by Gasteiger charge is -2.24. The molecule has 1 atom stereocenters. The average molecular weight is 295 g/mol. The highest BCUT2D eigenvalue weighted by Gasteiger charge is 2.22. The fourth-order valence-electron chi connectivity index (χ4n) is 2.60. The summed E-state index contributed by atoms with van der Waals surface area (Å²) in [6.45, 7) is 11.0. The van der Waals surface area contributed by atoms with Crippen molar-refractivity contribution < 1.29 is 9.15 Å². The molecule has 0 radical (unpaired) electrons. The minimum absolute atomic E-state index is 0.00954. The number of nitrogens with zero attached hydrogens (tertiary/aromatic N) is 2. The third-order valence-electron chi connectivity index (χ3n) is 3.90. The first-order valence-electron chi connectivity index (χ1n) is 7.89. The van der Waals surface area contributed by atoms with Gasteiger partial charge in [-0.05, 0) is 19.4 Å². The Hall–Kier alpha value is -0.910. The zero-order chi connectivity index (χ0) is 15.3. The normalized spacial score (nSPS) is 19.6. The summed E-state index contributed by atoms with van der Waals surface area (Å²) in [5.41, 5.74) is 0.00954. The van der Waals surface area contributed by atoms with Crippen molar-refractivity contribution in [3.8, 4) is 0 Å². The molecule has 5 heteroatoms. The topological polar surface area (TPSA) is 50.5 Å². The minimum Gasteiger partial charge on any atom is -0.444 e. The van der Waals surface area contributed by atoms with Crippen LogP contribution in [0.4, 0.5) is 0 Å². The molecule has 5 nitrogen and oxygen atoms in total. The molecule has 2 rings (SSSR count). The summed E-state index contributed by atoms with van der Waals surface area (Å²) in [6, 6.07) is 0.582. The molecule has 0 spiro atoms. The number of methoxy groups -OCH3 is 1. The Balaban J connectivity index is 1.94. The van der Waals surface area contributed by atoms with Gasteiger partial charge in [-0.15, -0.1) is 0 Å². The van der Waals surface area contributed by atoms with E-state index in [0.717, 1.165) is 44.4 Å². The Bertz CT molecular complexity index is 419. The number of ether oxygens (including phenoxy) is 1. The molecule has 1 aromatic heterocycles. The second-order valence-corrected chi connectivity index (χ2v) is 6.89. The van der Waals surface area contributed by atoms with Crippen LogP contribution in [0.5, 0.6) is 0 Å². The van der Waals surface area contributed by atoms with Crippen LogP contribution in [0.15, 0.2) is 10.6 Å². The molecule has 21 heavy (non-hydrogen) atoms. The Kier molecular flexibility index (Phi) is 5.79. The van der Waals surface area contributed by atoms with Gasteiger partial charge in [-0.1, -0.05) is 20.8 Å². The number of rotatable bonds is 7. The maximum atomic E-state index is 5.91. The quantitative estimate of drug-likeness (QED) is 0.835. The number of oxazole rings is 1. The van der Waals surface area contributed by atoms with Crippen molar-refractivity contribution in [2.24, 2.45) is 0 Å². The van der Waals surface area contributed by atoms with E-state index >= 15 is 0 Å². The molecule has 1 unspecified atom stereocenters. The molecule has 1 aromatic rings. The maximum Gasteiger partial charge on any atom is 0.208 e. The molecule has 1 fully saturated rings. The van der Waals surface area contributed by atoms with E-state index in [1.54, 1.807) is 7.11 Å².